The van der Waals surface area contributed by atoms with Gasteiger partial charge in [0.25, 0.3) is 0 Å². The Morgan fingerprint density at radius 2 is 1.66 bits per heavy atom. The summed E-state index contributed by atoms with van der Waals surface area (Å²) in [7, 11) is 0. The predicted molar refractivity (Wildman–Crippen MR) is 109 cm³/mol. The van der Waals surface area contributed by atoms with Crippen molar-refractivity contribution in [3.63, 3.8) is 0 Å². The van der Waals surface area contributed by atoms with Crippen LogP contribution in [-0.2, 0) is 11.3 Å². The molecule has 0 radical (unpaired) electrons. The fraction of sp³-hybridized carbons (Fsp3) is 0.348. The maximum absolute atomic E-state index is 13.0. The van der Waals surface area contributed by atoms with E-state index in [0.717, 1.165) is 42.6 Å². The molecule has 2 aromatic carbocycles. The number of carbonyl (C=O) groups is 2. The molecule has 1 aliphatic carbocycles. The lowest BCUT2D eigenvalue weighted by Gasteiger charge is -2.32. The van der Waals surface area contributed by atoms with Crippen molar-refractivity contribution >= 4 is 12.1 Å². The van der Waals surface area contributed by atoms with Crippen molar-refractivity contribution in [2.45, 2.75) is 50.8 Å². The highest BCUT2D eigenvalue weighted by atomic mass is 16.6. The molecule has 1 aliphatic rings. The summed E-state index contributed by atoms with van der Waals surface area (Å²) >= 11 is 0. The Labute approximate surface area is 171 Å². The van der Waals surface area contributed by atoms with E-state index in [1.807, 2.05) is 36.4 Å². The Kier molecular flexibility index (Phi) is 7.23. The first-order valence-electron chi connectivity index (χ1n) is 9.94. The summed E-state index contributed by atoms with van der Waals surface area (Å²) in [6, 6.07) is 18.8. The van der Waals surface area contributed by atoms with Gasteiger partial charge in [0.15, 0.2) is 0 Å². The second kappa shape index (κ2) is 10.3. The third-order valence-corrected chi connectivity index (χ3v) is 5.09. The van der Waals surface area contributed by atoms with E-state index < -0.39 is 18.2 Å². The van der Waals surface area contributed by atoms with Crippen molar-refractivity contribution in [2.75, 3.05) is 0 Å². The molecule has 0 saturated heterocycles. The van der Waals surface area contributed by atoms with Crippen LogP contribution in [0.3, 0.4) is 0 Å². The van der Waals surface area contributed by atoms with Crippen molar-refractivity contribution in [3.8, 4) is 6.07 Å². The molecule has 0 aliphatic heterocycles. The largest absolute Gasteiger partial charge is 0.444 e. The number of urea groups is 1. The van der Waals surface area contributed by atoms with Crippen molar-refractivity contribution in [1.82, 2.24) is 10.2 Å². The number of rotatable bonds is 5. The second-order valence-corrected chi connectivity index (χ2v) is 7.12. The van der Waals surface area contributed by atoms with Gasteiger partial charge < -0.3 is 10.1 Å². The summed E-state index contributed by atoms with van der Waals surface area (Å²) in [4.78, 5) is 27.0. The number of hydrogen-bond acceptors (Lipinski definition) is 4. The SMILES string of the molecule is N#C[C@@H](NC(=O)N(C(=O)OCc1ccccc1)C1CCCCC1)c1ccccc1. The van der Waals surface area contributed by atoms with Crippen molar-refractivity contribution in [3.05, 3.63) is 71.8 Å². The van der Waals surface area contributed by atoms with Crippen LogP contribution >= 0.6 is 0 Å². The van der Waals surface area contributed by atoms with Gasteiger partial charge in [-0.2, -0.15) is 5.26 Å². The quantitative estimate of drug-likeness (QED) is 0.783. The van der Waals surface area contributed by atoms with E-state index in [1.54, 1.807) is 24.3 Å². The third-order valence-electron chi connectivity index (χ3n) is 5.09. The lowest BCUT2D eigenvalue weighted by atomic mass is 9.94. The number of amides is 3. The standard InChI is InChI=1S/C23H25N3O3/c24-16-21(19-12-6-2-7-13-19)25-22(27)26(20-14-8-3-9-15-20)23(28)29-17-18-10-4-1-5-11-18/h1-2,4-7,10-13,20-21H,3,8-9,14-15,17H2,(H,25,27)/t21-/m1/s1. The number of nitrogens with one attached hydrogen (secondary N) is 1. The summed E-state index contributed by atoms with van der Waals surface area (Å²) in [6.07, 6.45) is 3.83. The van der Waals surface area contributed by atoms with E-state index in [2.05, 4.69) is 11.4 Å². The number of ether oxygens (including phenoxy) is 1. The first-order chi connectivity index (χ1) is 14.2. The maximum atomic E-state index is 13.0. The third kappa shape index (κ3) is 5.58. The lowest BCUT2D eigenvalue weighted by Crippen LogP contribution is -2.51. The topological polar surface area (TPSA) is 82.4 Å². The van der Waals surface area contributed by atoms with Crippen molar-refractivity contribution < 1.29 is 14.3 Å². The van der Waals surface area contributed by atoms with E-state index in [9.17, 15) is 14.9 Å². The van der Waals surface area contributed by atoms with E-state index in [0.29, 0.717) is 5.56 Å². The minimum absolute atomic E-state index is 0.0938. The van der Waals surface area contributed by atoms with Crippen LogP contribution in [0.1, 0.15) is 49.3 Å². The number of hydrogen-bond donors (Lipinski definition) is 1. The molecule has 0 heterocycles. The van der Waals surface area contributed by atoms with Gasteiger partial charge in [-0.25, -0.2) is 14.5 Å². The van der Waals surface area contributed by atoms with Gasteiger partial charge in [0.05, 0.1) is 6.07 Å². The van der Waals surface area contributed by atoms with Crippen LogP contribution in [-0.4, -0.2) is 23.1 Å². The molecule has 0 bridgehead atoms. The Morgan fingerprint density at radius 3 is 2.28 bits per heavy atom. The highest BCUT2D eigenvalue weighted by Crippen LogP contribution is 2.24. The fourth-order valence-corrected chi connectivity index (χ4v) is 3.55. The minimum atomic E-state index is -0.836. The number of nitriles is 1. The number of benzene rings is 2. The van der Waals surface area contributed by atoms with Crippen molar-refractivity contribution in [2.24, 2.45) is 0 Å². The summed E-state index contributed by atoms with van der Waals surface area (Å²) in [5, 5.41) is 12.2. The van der Waals surface area contributed by atoms with Gasteiger partial charge in [-0.3, -0.25) is 0 Å². The second-order valence-electron chi connectivity index (χ2n) is 7.12. The molecule has 1 saturated carbocycles. The Morgan fingerprint density at radius 1 is 1.03 bits per heavy atom. The molecule has 6 heteroatoms. The molecular weight excluding hydrogens is 366 g/mol. The maximum Gasteiger partial charge on any atom is 0.418 e. The molecule has 1 atom stereocenters. The number of imide groups is 1. The van der Waals surface area contributed by atoms with Crippen LogP contribution in [0.15, 0.2) is 60.7 Å². The van der Waals surface area contributed by atoms with E-state index >= 15 is 0 Å². The average Bonchev–Trinajstić information content (AvgIpc) is 2.78. The zero-order valence-electron chi connectivity index (χ0n) is 16.3. The van der Waals surface area contributed by atoms with Gasteiger partial charge in [-0.1, -0.05) is 79.9 Å². The predicted octanol–water partition coefficient (Wildman–Crippen LogP) is 4.93. The zero-order chi connectivity index (χ0) is 20.5. The van der Waals surface area contributed by atoms with Crippen LogP contribution in [0.2, 0.25) is 0 Å². The summed E-state index contributed by atoms with van der Waals surface area (Å²) in [5.41, 5.74) is 1.52. The van der Waals surface area contributed by atoms with Crippen LogP contribution < -0.4 is 5.32 Å². The highest BCUT2D eigenvalue weighted by molar-refractivity contribution is 5.91. The molecule has 0 spiro atoms. The highest BCUT2D eigenvalue weighted by Gasteiger charge is 2.33. The first-order valence-corrected chi connectivity index (χ1v) is 9.94. The molecule has 6 nitrogen and oxygen atoms in total. The van der Waals surface area contributed by atoms with E-state index in [-0.39, 0.29) is 12.6 Å². The zero-order valence-corrected chi connectivity index (χ0v) is 16.3. The molecule has 1 fully saturated rings. The van der Waals surface area contributed by atoms with E-state index in [1.165, 1.54) is 0 Å². The summed E-state index contributed by atoms with van der Waals surface area (Å²) in [6.45, 7) is 0.0938. The van der Waals surface area contributed by atoms with Crippen LogP contribution in [0.25, 0.3) is 0 Å². The summed E-state index contributed by atoms with van der Waals surface area (Å²) in [5.74, 6) is 0. The monoisotopic (exact) mass is 391 g/mol. The summed E-state index contributed by atoms with van der Waals surface area (Å²) < 4.78 is 5.43. The lowest BCUT2D eigenvalue weighted by molar-refractivity contribution is 0.0838. The molecule has 2 aromatic rings. The Hall–Kier alpha value is -3.33. The molecule has 0 unspecified atom stereocenters. The van der Waals surface area contributed by atoms with Gasteiger partial charge in [-0.05, 0) is 24.0 Å². The molecule has 1 N–H and O–H groups in total. The molecule has 29 heavy (non-hydrogen) atoms. The minimum Gasteiger partial charge on any atom is -0.444 e. The number of carbonyl (C=O) groups excluding carboxylic acids is 2. The van der Waals surface area contributed by atoms with Crippen LogP contribution in [0, 0.1) is 11.3 Å². The Balaban J connectivity index is 1.72. The molecule has 3 amide bonds. The average molecular weight is 391 g/mol. The molecule has 150 valence electrons. The van der Waals surface area contributed by atoms with Gasteiger partial charge in [-0.15, -0.1) is 0 Å². The fourth-order valence-electron chi connectivity index (χ4n) is 3.55. The van der Waals surface area contributed by atoms with E-state index in [4.69, 9.17) is 4.74 Å². The van der Waals surface area contributed by atoms with Crippen LogP contribution in [0.4, 0.5) is 9.59 Å². The molecule has 3 rings (SSSR count). The van der Waals surface area contributed by atoms with Gasteiger partial charge in [0.2, 0.25) is 0 Å². The molecular formula is C23H25N3O3. The van der Waals surface area contributed by atoms with Crippen molar-refractivity contribution in [1.29, 1.82) is 5.26 Å². The van der Waals surface area contributed by atoms with Crippen LogP contribution in [0.5, 0.6) is 0 Å². The van der Waals surface area contributed by atoms with Gasteiger partial charge in [0, 0.05) is 6.04 Å². The Bertz CT molecular complexity index is 843. The normalized spacial score (nSPS) is 15.0. The molecule has 0 aromatic heterocycles. The van der Waals surface area contributed by atoms with Gasteiger partial charge in [0.1, 0.15) is 12.6 Å². The smallest absolute Gasteiger partial charge is 0.418 e. The number of nitrogens with zero attached hydrogens (tertiary/aromatic N) is 2. The van der Waals surface area contributed by atoms with Gasteiger partial charge >= 0.3 is 12.1 Å². The first kappa shape index (κ1) is 20.4.